The first-order valence-corrected chi connectivity index (χ1v) is 5.14. The summed E-state index contributed by atoms with van der Waals surface area (Å²) in [6, 6.07) is 3.95. The lowest BCUT2D eigenvalue weighted by Gasteiger charge is -2.14. The Kier molecular flexibility index (Phi) is 2.22. The van der Waals surface area contributed by atoms with E-state index in [1.54, 1.807) is 11.9 Å². The van der Waals surface area contributed by atoms with Crippen molar-refractivity contribution in [2.75, 3.05) is 0 Å². The second-order valence-corrected chi connectivity index (χ2v) is 4.23. The fourth-order valence-corrected chi connectivity index (χ4v) is 2.05. The molecule has 1 aliphatic heterocycles. The third-order valence-corrected chi connectivity index (χ3v) is 3.19. The lowest BCUT2D eigenvalue weighted by molar-refractivity contribution is 1.25. The fraction of sp³-hybridized carbons (Fsp3) is 0.222. The van der Waals surface area contributed by atoms with Gasteiger partial charge in [0.05, 0.1) is 10.6 Å². The van der Waals surface area contributed by atoms with Crippen molar-refractivity contribution in [2.24, 2.45) is 4.99 Å². The van der Waals surface area contributed by atoms with Crippen LogP contribution in [-0.2, 0) is 0 Å². The molecule has 0 spiro atoms. The number of benzene rings is 1. The third-order valence-electron chi connectivity index (χ3n) is 1.84. The van der Waals surface area contributed by atoms with Crippen LogP contribution in [0.5, 0.6) is 0 Å². The number of halogens is 1. The van der Waals surface area contributed by atoms with Crippen molar-refractivity contribution < 1.29 is 0 Å². The Balaban J connectivity index is 2.57. The molecule has 0 atom stereocenters. The molecule has 0 unspecified atom stereocenters. The molecular weight excluding hydrogens is 204 g/mol. The molecule has 0 amide bonds. The first kappa shape index (κ1) is 8.91. The van der Waals surface area contributed by atoms with Gasteiger partial charge in [0.1, 0.15) is 5.84 Å². The van der Waals surface area contributed by atoms with Crippen LogP contribution in [0.15, 0.2) is 22.0 Å². The molecule has 2 rings (SSSR count). The zero-order valence-electron chi connectivity index (χ0n) is 7.39. The van der Waals surface area contributed by atoms with E-state index in [4.69, 9.17) is 11.6 Å². The minimum absolute atomic E-state index is 0.776. The lowest BCUT2D eigenvalue weighted by atomic mass is 10.2. The predicted molar refractivity (Wildman–Crippen MR) is 58.0 cm³/mol. The summed E-state index contributed by atoms with van der Waals surface area (Å²) in [5.74, 6) is 0.914. The van der Waals surface area contributed by atoms with E-state index < -0.39 is 0 Å². The average molecular weight is 213 g/mol. The number of amidine groups is 1. The zero-order valence-corrected chi connectivity index (χ0v) is 8.96. The molecular formula is C9H9ClN2S. The molecule has 1 aliphatic rings. The highest BCUT2D eigenvalue weighted by Gasteiger charge is 2.11. The van der Waals surface area contributed by atoms with Crippen molar-refractivity contribution in [3.8, 4) is 0 Å². The van der Waals surface area contributed by atoms with Gasteiger partial charge in [0.2, 0.25) is 0 Å². The van der Waals surface area contributed by atoms with Crippen LogP contribution in [-0.4, -0.2) is 5.84 Å². The SMILES string of the molecule is CC1=Nc2cc(Cl)c(C)cc2SN1. The molecule has 0 aliphatic carbocycles. The quantitative estimate of drug-likeness (QED) is 0.668. The normalized spacial score (nSPS) is 14.5. The van der Waals surface area contributed by atoms with Gasteiger partial charge in [0, 0.05) is 5.02 Å². The van der Waals surface area contributed by atoms with Crippen molar-refractivity contribution in [2.45, 2.75) is 18.7 Å². The maximum atomic E-state index is 5.99. The number of nitrogens with zero attached hydrogens (tertiary/aromatic N) is 1. The van der Waals surface area contributed by atoms with Crippen LogP contribution in [0, 0.1) is 6.92 Å². The number of rotatable bonds is 0. The van der Waals surface area contributed by atoms with E-state index in [0.717, 1.165) is 27.0 Å². The molecule has 0 bridgehead atoms. The minimum atomic E-state index is 0.776. The molecule has 1 aromatic rings. The van der Waals surface area contributed by atoms with Gasteiger partial charge in [-0.1, -0.05) is 11.6 Å². The first-order chi connectivity index (χ1) is 6.16. The van der Waals surface area contributed by atoms with E-state index in [1.165, 1.54) is 0 Å². The molecule has 0 fully saturated rings. The Bertz CT molecular complexity index is 387. The standard InChI is InChI=1S/C9H9ClN2S/c1-5-3-9-8(4-7(5)10)11-6(2)12-13-9/h3-4H,1-2H3,(H,11,12). The molecule has 1 N–H and O–H groups in total. The lowest BCUT2D eigenvalue weighted by Crippen LogP contribution is -2.13. The maximum absolute atomic E-state index is 5.99. The van der Waals surface area contributed by atoms with Crippen LogP contribution in [0.25, 0.3) is 0 Å². The van der Waals surface area contributed by atoms with Gasteiger partial charge < -0.3 is 4.72 Å². The van der Waals surface area contributed by atoms with E-state index in [1.807, 2.05) is 26.0 Å². The highest BCUT2D eigenvalue weighted by atomic mass is 35.5. The number of fused-ring (bicyclic) bond motifs is 1. The summed E-state index contributed by atoms with van der Waals surface area (Å²) in [4.78, 5) is 5.48. The summed E-state index contributed by atoms with van der Waals surface area (Å²) in [5.41, 5.74) is 2.04. The molecule has 1 aromatic carbocycles. The summed E-state index contributed by atoms with van der Waals surface area (Å²) in [6.45, 7) is 3.93. The van der Waals surface area contributed by atoms with Gasteiger partial charge in [-0.2, -0.15) is 0 Å². The summed E-state index contributed by atoms with van der Waals surface area (Å²) >= 11 is 7.57. The molecule has 2 nitrogen and oxygen atoms in total. The summed E-state index contributed by atoms with van der Waals surface area (Å²) in [7, 11) is 0. The summed E-state index contributed by atoms with van der Waals surface area (Å²) in [5, 5.41) is 0.776. The molecule has 0 saturated heterocycles. The third kappa shape index (κ3) is 1.67. The van der Waals surface area contributed by atoms with Crippen LogP contribution in [0.3, 0.4) is 0 Å². The zero-order chi connectivity index (χ0) is 9.42. The number of aryl methyl sites for hydroxylation is 1. The van der Waals surface area contributed by atoms with E-state index in [-0.39, 0.29) is 0 Å². The van der Waals surface area contributed by atoms with Gasteiger partial charge in [-0.05, 0) is 43.5 Å². The topological polar surface area (TPSA) is 24.4 Å². The second kappa shape index (κ2) is 3.24. The van der Waals surface area contributed by atoms with Gasteiger partial charge in [0.15, 0.2) is 0 Å². The summed E-state index contributed by atoms with van der Waals surface area (Å²) in [6.07, 6.45) is 0. The average Bonchev–Trinajstić information content (AvgIpc) is 2.08. The number of hydrogen-bond donors (Lipinski definition) is 1. The molecule has 1 heterocycles. The fourth-order valence-electron chi connectivity index (χ4n) is 1.15. The first-order valence-electron chi connectivity index (χ1n) is 3.95. The van der Waals surface area contributed by atoms with E-state index >= 15 is 0 Å². The Morgan fingerprint density at radius 2 is 2.15 bits per heavy atom. The maximum Gasteiger partial charge on any atom is 0.109 e. The second-order valence-electron chi connectivity index (χ2n) is 2.97. The Morgan fingerprint density at radius 1 is 1.38 bits per heavy atom. The number of nitrogens with one attached hydrogen (secondary N) is 1. The smallest absolute Gasteiger partial charge is 0.109 e. The monoisotopic (exact) mass is 212 g/mol. The number of aliphatic imine (C=N–C) groups is 1. The van der Waals surface area contributed by atoms with E-state index in [2.05, 4.69) is 9.71 Å². The molecule has 13 heavy (non-hydrogen) atoms. The van der Waals surface area contributed by atoms with Crippen molar-refractivity contribution in [3.63, 3.8) is 0 Å². The highest BCUT2D eigenvalue weighted by molar-refractivity contribution is 7.98. The minimum Gasteiger partial charge on any atom is -0.314 e. The van der Waals surface area contributed by atoms with Gasteiger partial charge in [0.25, 0.3) is 0 Å². The molecule has 0 radical (unpaired) electrons. The van der Waals surface area contributed by atoms with Crippen LogP contribution in [0.1, 0.15) is 12.5 Å². The highest BCUT2D eigenvalue weighted by Crippen LogP contribution is 2.35. The van der Waals surface area contributed by atoms with E-state index in [0.29, 0.717) is 0 Å². The van der Waals surface area contributed by atoms with Crippen molar-refractivity contribution in [1.29, 1.82) is 0 Å². The van der Waals surface area contributed by atoms with Crippen LogP contribution >= 0.6 is 23.5 Å². The van der Waals surface area contributed by atoms with Gasteiger partial charge >= 0.3 is 0 Å². The Hall–Kier alpha value is -0.670. The van der Waals surface area contributed by atoms with Gasteiger partial charge in [-0.15, -0.1) is 0 Å². The molecule has 68 valence electrons. The Morgan fingerprint density at radius 3 is 2.92 bits per heavy atom. The predicted octanol–water partition coefficient (Wildman–Crippen LogP) is 3.31. The van der Waals surface area contributed by atoms with Crippen LogP contribution in [0.4, 0.5) is 5.69 Å². The van der Waals surface area contributed by atoms with Crippen molar-refractivity contribution in [1.82, 2.24) is 4.72 Å². The van der Waals surface area contributed by atoms with Crippen LogP contribution < -0.4 is 4.72 Å². The van der Waals surface area contributed by atoms with Crippen molar-refractivity contribution in [3.05, 3.63) is 22.7 Å². The Labute approximate surface area is 86.5 Å². The van der Waals surface area contributed by atoms with Crippen molar-refractivity contribution >= 4 is 35.1 Å². The molecule has 0 aromatic heterocycles. The van der Waals surface area contributed by atoms with Gasteiger partial charge in [-0.25, -0.2) is 4.99 Å². The molecule has 0 saturated carbocycles. The van der Waals surface area contributed by atoms with E-state index in [9.17, 15) is 0 Å². The molecule has 4 heteroatoms. The van der Waals surface area contributed by atoms with Gasteiger partial charge in [-0.3, -0.25) is 0 Å². The largest absolute Gasteiger partial charge is 0.314 e. The summed E-state index contributed by atoms with van der Waals surface area (Å²) < 4.78 is 3.11. The number of hydrogen-bond acceptors (Lipinski definition) is 3. The van der Waals surface area contributed by atoms with Crippen LogP contribution in [0.2, 0.25) is 5.02 Å².